The first-order chi connectivity index (χ1) is 21.1. The second kappa shape index (κ2) is 16.7. The summed E-state index contributed by atoms with van der Waals surface area (Å²) in [6.45, 7) is 14.2. The highest BCUT2D eigenvalue weighted by Gasteiger charge is 2.38. The Balaban J connectivity index is 2.59. The number of carbonyl (C=O) groups excluding carboxylic acids is 4. The Hall–Kier alpha value is -4.32. The highest BCUT2D eigenvalue weighted by Crippen LogP contribution is 2.27. The van der Waals surface area contributed by atoms with E-state index in [1.807, 2.05) is 37.3 Å². The van der Waals surface area contributed by atoms with Crippen molar-refractivity contribution in [2.45, 2.75) is 110 Å². The zero-order chi connectivity index (χ0) is 33.8. The quantitative estimate of drug-likeness (QED) is 0.169. The third-order valence-corrected chi connectivity index (χ3v) is 6.65. The van der Waals surface area contributed by atoms with E-state index in [4.69, 9.17) is 15.9 Å². The molecule has 0 aliphatic carbocycles. The van der Waals surface area contributed by atoms with Crippen LogP contribution in [0.4, 0.5) is 4.79 Å². The molecule has 0 aliphatic rings. The number of nitrogens with one attached hydrogen (secondary N) is 2. The lowest BCUT2D eigenvalue weighted by atomic mass is 9.96. The third kappa shape index (κ3) is 12.3. The Kier molecular flexibility index (Phi) is 13.7. The van der Waals surface area contributed by atoms with Crippen molar-refractivity contribution in [2.75, 3.05) is 6.54 Å². The number of ether oxygens (including phenoxy) is 2. The van der Waals surface area contributed by atoms with Crippen molar-refractivity contribution >= 4 is 23.9 Å². The lowest BCUT2D eigenvalue weighted by molar-refractivity contribution is -0.159. The molecular weight excluding hydrogens is 570 g/mol. The monoisotopic (exact) mass is 619 g/mol. The third-order valence-electron chi connectivity index (χ3n) is 6.65. The average molecular weight is 620 g/mol. The van der Waals surface area contributed by atoms with Gasteiger partial charge < -0.3 is 25.0 Å². The van der Waals surface area contributed by atoms with E-state index in [1.54, 1.807) is 72.7 Å². The lowest BCUT2D eigenvalue weighted by Gasteiger charge is -2.35. The van der Waals surface area contributed by atoms with Gasteiger partial charge in [0.2, 0.25) is 11.8 Å². The molecule has 45 heavy (non-hydrogen) atoms. The number of amides is 3. The minimum Gasteiger partial charge on any atom is -0.458 e. The van der Waals surface area contributed by atoms with Gasteiger partial charge in [0.05, 0.1) is 0 Å². The van der Waals surface area contributed by atoms with Crippen LogP contribution in [0.2, 0.25) is 0 Å². The number of alkyl carbamates (subject to hydrolysis) is 1. The van der Waals surface area contributed by atoms with E-state index in [0.717, 1.165) is 18.4 Å². The number of nitrogens with zero attached hydrogens (tertiary/aromatic N) is 1. The van der Waals surface area contributed by atoms with Crippen molar-refractivity contribution in [1.82, 2.24) is 15.5 Å². The van der Waals surface area contributed by atoms with Crippen molar-refractivity contribution in [3.8, 4) is 12.3 Å². The Morgan fingerprint density at radius 1 is 0.867 bits per heavy atom. The standard InChI is InChI=1S/C36H49N3O6/c1-10-12-18-23-39(32(41)25(3)37-34(43)45-36(7,8)9)30(28-22-17-16-21-27(28)11-2)31(40)38-29(33(42)44-35(4,5)6)24-26-19-14-13-15-20-26/h2,13-17,19-22,25,29-30H,10,12,18,23-24H2,1,3-9H3,(H,37,43)(H,38,40). The van der Waals surface area contributed by atoms with Crippen LogP contribution in [0.5, 0.6) is 0 Å². The zero-order valence-electron chi connectivity index (χ0n) is 27.9. The van der Waals surface area contributed by atoms with Crippen LogP contribution in [0.25, 0.3) is 0 Å². The number of unbranched alkanes of at least 4 members (excludes halogenated alkanes) is 2. The van der Waals surface area contributed by atoms with Crippen LogP contribution in [-0.4, -0.2) is 58.6 Å². The Morgan fingerprint density at radius 2 is 1.47 bits per heavy atom. The van der Waals surface area contributed by atoms with Gasteiger partial charge in [-0.25, -0.2) is 9.59 Å². The molecule has 0 bridgehead atoms. The van der Waals surface area contributed by atoms with Gasteiger partial charge in [-0.05, 0) is 72.1 Å². The molecule has 3 amide bonds. The van der Waals surface area contributed by atoms with Gasteiger partial charge in [-0.1, -0.05) is 74.2 Å². The molecule has 0 heterocycles. The van der Waals surface area contributed by atoms with Crippen LogP contribution in [0.15, 0.2) is 54.6 Å². The van der Waals surface area contributed by atoms with Crippen LogP contribution in [0.3, 0.4) is 0 Å². The molecule has 0 spiro atoms. The predicted octanol–water partition coefficient (Wildman–Crippen LogP) is 5.71. The molecule has 0 aromatic heterocycles. The first kappa shape index (κ1) is 36.9. The van der Waals surface area contributed by atoms with Crippen molar-refractivity contribution in [3.05, 3.63) is 71.3 Å². The van der Waals surface area contributed by atoms with Gasteiger partial charge in [0.15, 0.2) is 0 Å². The molecule has 3 unspecified atom stereocenters. The maximum Gasteiger partial charge on any atom is 0.408 e. The topological polar surface area (TPSA) is 114 Å². The molecule has 0 aliphatic heterocycles. The molecule has 2 rings (SSSR count). The molecule has 9 nitrogen and oxygen atoms in total. The fourth-order valence-corrected chi connectivity index (χ4v) is 4.68. The second-order valence-electron chi connectivity index (χ2n) is 13.0. The summed E-state index contributed by atoms with van der Waals surface area (Å²) in [4.78, 5) is 55.9. The van der Waals surface area contributed by atoms with Crippen molar-refractivity contribution in [3.63, 3.8) is 0 Å². The molecule has 2 aromatic rings. The maximum absolute atomic E-state index is 14.4. The number of esters is 1. The van der Waals surface area contributed by atoms with Gasteiger partial charge in [-0.2, -0.15) is 0 Å². The molecule has 0 radical (unpaired) electrons. The largest absolute Gasteiger partial charge is 0.458 e. The summed E-state index contributed by atoms with van der Waals surface area (Å²) in [5, 5.41) is 5.49. The first-order valence-electron chi connectivity index (χ1n) is 15.5. The lowest BCUT2D eigenvalue weighted by Crippen LogP contribution is -2.54. The number of rotatable bonds is 13. The minimum atomic E-state index is -1.20. The average Bonchev–Trinajstić information content (AvgIpc) is 2.94. The van der Waals surface area contributed by atoms with Crippen molar-refractivity contribution < 1.29 is 28.7 Å². The van der Waals surface area contributed by atoms with E-state index >= 15 is 0 Å². The number of hydrogen-bond acceptors (Lipinski definition) is 6. The molecule has 0 fully saturated rings. The molecule has 2 N–H and O–H groups in total. The Bertz CT molecular complexity index is 1340. The summed E-state index contributed by atoms with van der Waals surface area (Å²) >= 11 is 0. The summed E-state index contributed by atoms with van der Waals surface area (Å²) in [6.07, 6.45) is 7.56. The first-order valence-corrected chi connectivity index (χ1v) is 15.5. The molecule has 0 saturated heterocycles. The Labute approximate surface area is 268 Å². The van der Waals surface area contributed by atoms with E-state index in [-0.39, 0.29) is 13.0 Å². The number of carbonyl (C=O) groups is 4. The zero-order valence-corrected chi connectivity index (χ0v) is 27.9. The van der Waals surface area contributed by atoms with Gasteiger partial charge in [0, 0.05) is 18.5 Å². The predicted molar refractivity (Wildman–Crippen MR) is 175 cm³/mol. The summed E-state index contributed by atoms with van der Waals surface area (Å²) in [7, 11) is 0. The molecular formula is C36H49N3O6. The van der Waals surface area contributed by atoms with Gasteiger partial charge >= 0.3 is 12.1 Å². The van der Waals surface area contributed by atoms with Crippen LogP contribution >= 0.6 is 0 Å². The summed E-state index contributed by atoms with van der Waals surface area (Å²) in [6, 6.07) is 12.9. The number of hydrogen-bond donors (Lipinski definition) is 2. The van der Waals surface area contributed by atoms with E-state index in [9.17, 15) is 19.2 Å². The maximum atomic E-state index is 14.4. The van der Waals surface area contributed by atoms with E-state index in [2.05, 4.69) is 16.6 Å². The smallest absolute Gasteiger partial charge is 0.408 e. The molecule has 2 aromatic carbocycles. The van der Waals surface area contributed by atoms with Crippen LogP contribution in [-0.2, 0) is 30.3 Å². The second-order valence-corrected chi connectivity index (χ2v) is 13.0. The summed E-state index contributed by atoms with van der Waals surface area (Å²) in [5.74, 6) is 0.925. The van der Waals surface area contributed by atoms with E-state index in [1.165, 1.54) is 4.90 Å². The number of benzene rings is 2. The fourth-order valence-electron chi connectivity index (χ4n) is 4.68. The van der Waals surface area contributed by atoms with Crippen LogP contribution in [0, 0.1) is 12.3 Å². The van der Waals surface area contributed by atoms with E-state index in [0.29, 0.717) is 17.5 Å². The normalized spacial score (nSPS) is 13.4. The highest BCUT2D eigenvalue weighted by atomic mass is 16.6. The molecule has 9 heteroatoms. The SMILES string of the molecule is C#Cc1ccccc1C(C(=O)NC(Cc1ccccc1)C(=O)OC(C)(C)C)N(CCCCC)C(=O)C(C)NC(=O)OC(C)(C)C. The summed E-state index contributed by atoms with van der Waals surface area (Å²) in [5.41, 5.74) is 0.110. The fraction of sp³-hybridized carbons (Fsp3) is 0.500. The van der Waals surface area contributed by atoms with Gasteiger partial charge in [-0.15, -0.1) is 6.42 Å². The van der Waals surface area contributed by atoms with Gasteiger partial charge in [0.25, 0.3) is 0 Å². The van der Waals surface area contributed by atoms with Crippen LogP contribution < -0.4 is 10.6 Å². The van der Waals surface area contributed by atoms with Crippen LogP contribution in [0.1, 0.15) is 97.4 Å². The van der Waals surface area contributed by atoms with Crippen molar-refractivity contribution in [2.24, 2.45) is 0 Å². The molecule has 0 saturated carbocycles. The molecule has 3 atom stereocenters. The van der Waals surface area contributed by atoms with Gasteiger partial charge in [0.1, 0.15) is 29.3 Å². The van der Waals surface area contributed by atoms with E-state index < -0.39 is 53.2 Å². The minimum absolute atomic E-state index is 0.172. The highest BCUT2D eigenvalue weighted by molar-refractivity contribution is 5.94. The number of terminal acetylenes is 1. The summed E-state index contributed by atoms with van der Waals surface area (Å²) < 4.78 is 11.0. The van der Waals surface area contributed by atoms with Crippen molar-refractivity contribution in [1.29, 1.82) is 0 Å². The molecule has 244 valence electrons. The Morgan fingerprint density at radius 3 is 2.04 bits per heavy atom. The van der Waals surface area contributed by atoms with Gasteiger partial charge in [-0.3, -0.25) is 9.59 Å².